The zero-order valence-electron chi connectivity index (χ0n) is 12.3. The zero-order chi connectivity index (χ0) is 14.2. The minimum atomic E-state index is 0.159. The van der Waals surface area contributed by atoms with Gasteiger partial charge < -0.3 is 9.84 Å². The Labute approximate surface area is 119 Å². The van der Waals surface area contributed by atoms with Crippen LogP contribution < -0.4 is 5.32 Å². The summed E-state index contributed by atoms with van der Waals surface area (Å²) in [4.78, 5) is 4.51. The summed E-state index contributed by atoms with van der Waals surface area (Å²) in [5.41, 5.74) is 2.44. The van der Waals surface area contributed by atoms with Crippen LogP contribution in [0, 0.1) is 0 Å². The summed E-state index contributed by atoms with van der Waals surface area (Å²) < 4.78 is 5.39. The Morgan fingerprint density at radius 3 is 2.55 bits per heavy atom. The fourth-order valence-corrected chi connectivity index (χ4v) is 2.51. The monoisotopic (exact) mass is 271 g/mol. The van der Waals surface area contributed by atoms with Crippen molar-refractivity contribution in [2.75, 3.05) is 6.54 Å². The molecule has 0 bridgehead atoms. The molecule has 1 aliphatic heterocycles. The highest BCUT2D eigenvalue weighted by atomic mass is 16.5. The molecule has 1 aromatic carbocycles. The van der Waals surface area contributed by atoms with E-state index in [2.05, 4.69) is 60.5 Å². The van der Waals surface area contributed by atoms with E-state index in [1.807, 2.05) is 0 Å². The Balaban J connectivity index is 1.82. The lowest BCUT2D eigenvalue weighted by Crippen LogP contribution is -2.14. The lowest BCUT2D eigenvalue weighted by Gasteiger charge is -2.18. The highest BCUT2D eigenvalue weighted by molar-refractivity contribution is 5.53. The molecule has 0 aliphatic carbocycles. The molecule has 1 saturated heterocycles. The molecule has 1 atom stereocenters. The fraction of sp³-hybridized carbons (Fsp3) is 0.500. The fourth-order valence-electron chi connectivity index (χ4n) is 2.51. The third-order valence-corrected chi connectivity index (χ3v) is 3.81. The number of benzene rings is 1. The molecule has 4 nitrogen and oxygen atoms in total. The molecule has 0 radical (unpaired) electrons. The van der Waals surface area contributed by atoms with Gasteiger partial charge in [-0.05, 0) is 42.5 Å². The third-order valence-electron chi connectivity index (χ3n) is 3.81. The number of rotatable bonds is 2. The van der Waals surface area contributed by atoms with Crippen molar-refractivity contribution in [3.05, 3.63) is 35.7 Å². The number of hydrogen-bond acceptors (Lipinski definition) is 4. The molecule has 2 aromatic rings. The Morgan fingerprint density at radius 2 is 1.95 bits per heavy atom. The summed E-state index contributed by atoms with van der Waals surface area (Å²) in [5, 5.41) is 7.48. The van der Waals surface area contributed by atoms with Gasteiger partial charge in [0.05, 0.1) is 6.04 Å². The van der Waals surface area contributed by atoms with Gasteiger partial charge in [0.15, 0.2) is 5.82 Å². The summed E-state index contributed by atoms with van der Waals surface area (Å²) >= 11 is 0. The van der Waals surface area contributed by atoms with E-state index in [-0.39, 0.29) is 11.5 Å². The Hall–Kier alpha value is -1.68. The van der Waals surface area contributed by atoms with Crippen molar-refractivity contribution in [2.45, 2.75) is 45.1 Å². The topological polar surface area (TPSA) is 51.0 Å². The van der Waals surface area contributed by atoms with Crippen LogP contribution in [0.2, 0.25) is 0 Å². The second-order valence-corrected chi connectivity index (χ2v) is 6.43. The van der Waals surface area contributed by atoms with Crippen molar-refractivity contribution in [1.82, 2.24) is 15.5 Å². The zero-order valence-corrected chi connectivity index (χ0v) is 12.3. The molecule has 1 fully saturated rings. The van der Waals surface area contributed by atoms with Crippen molar-refractivity contribution in [3.8, 4) is 11.5 Å². The predicted octanol–water partition coefficient (Wildman–Crippen LogP) is 3.46. The van der Waals surface area contributed by atoms with Crippen LogP contribution in [-0.2, 0) is 5.41 Å². The van der Waals surface area contributed by atoms with Crippen LogP contribution >= 0.6 is 0 Å². The first kappa shape index (κ1) is 13.3. The number of nitrogens with one attached hydrogen (secondary N) is 1. The summed E-state index contributed by atoms with van der Waals surface area (Å²) in [6.45, 7) is 7.66. The smallest absolute Gasteiger partial charge is 0.257 e. The molecule has 0 spiro atoms. The molecule has 0 saturated carbocycles. The van der Waals surface area contributed by atoms with Crippen LogP contribution in [0.15, 0.2) is 28.8 Å². The van der Waals surface area contributed by atoms with Gasteiger partial charge in [-0.2, -0.15) is 4.98 Å². The molecule has 1 unspecified atom stereocenters. The van der Waals surface area contributed by atoms with Gasteiger partial charge in [-0.15, -0.1) is 0 Å². The summed E-state index contributed by atoms with van der Waals surface area (Å²) in [6.07, 6.45) is 2.26. The predicted molar refractivity (Wildman–Crippen MR) is 78.4 cm³/mol. The summed E-state index contributed by atoms with van der Waals surface area (Å²) in [7, 11) is 0. The summed E-state index contributed by atoms with van der Waals surface area (Å²) in [5.74, 6) is 1.38. The van der Waals surface area contributed by atoms with E-state index in [0.717, 1.165) is 24.4 Å². The van der Waals surface area contributed by atoms with Crippen molar-refractivity contribution in [3.63, 3.8) is 0 Å². The first-order valence-corrected chi connectivity index (χ1v) is 7.22. The molecular weight excluding hydrogens is 250 g/mol. The SMILES string of the molecule is CC(C)(C)c1ccc(-c2nc(C3CCCN3)no2)cc1. The van der Waals surface area contributed by atoms with E-state index in [1.165, 1.54) is 12.0 Å². The average Bonchev–Trinajstić information content (AvgIpc) is 3.09. The lowest BCUT2D eigenvalue weighted by atomic mass is 9.87. The maximum Gasteiger partial charge on any atom is 0.257 e. The van der Waals surface area contributed by atoms with Crippen LogP contribution in [0.4, 0.5) is 0 Å². The number of hydrogen-bond donors (Lipinski definition) is 1. The lowest BCUT2D eigenvalue weighted by molar-refractivity contribution is 0.412. The third kappa shape index (κ3) is 2.61. The highest BCUT2D eigenvalue weighted by Crippen LogP contribution is 2.27. The molecule has 4 heteroatoms. The van der Waals surface area contributed by atoms with Gasteiger partial charge in [-0.3, -0.25) is 0 Å². The molecule has 20 heavy (non-hydrogen) atoms. The van der Waals surface area contributed by atoms with Gasteiger partial charge in [0, 0.05) is 5.56 Å². The molecule has 0 amide bonds. The Bertz CT molecular complexity index is 575. The van der Waals surface area contributed by atoms with E-state index in [9.17, 15) is 0 Å². The standard InChI is InChI=1S/C16H21N3O/c1-16(2,3)12-8-6-11(7-9-12)15-18-14(19-20-15)13-5-4-10-17-13/h6-9,13,17H,4-5,10H2,1-3H3. The van der Waals surface area contributed by atoms with Gasteiger partial charge in [-0.25, -0.2) is 0 Å². The van der Waals surface area contributed by atoms with Crippen LogP contribution in [0.5, 0.6) is 0 Å². The molecule has 106 valence electrons. The van der Waals surface area contributed by atoms with Crippen LogP contribution in [0.3, 0.4) is 0 Å². The second kappa shape index (κ2) is 5.02. The van der Waals surface area contributed by atoms with Gasteiger partial charge in [0.2, 0.25) is 0 Å². The summed E-state index contributed by atoms with van der Waals surface area (Å²) in [6, 6.07) is 8.63. The Kier molecular flexibility index (Phi) is 3.34. The first-order chi connectivity index (χ1) is 9.54. The number of aromatic nitrogens is 2. The van der Waals surface area contributed by atoms with Crippen LogP contribution in [-0.4, -0.2) is 16.7 Å². The van der Waals surface area contributed by atoms with E-state index in [1.54, 1.807) is 0 Å². The molecule has 1 aromatic heterocycles. The van der Waals surface area contributed by atoms with Crippen molar-refractivity contribution >= 4 is 0 Å². The maximum atomic E-state index is 5.39. The second-order valence-electron chi connectivity index (χ2n) is 6.43. The highest BCUT2D eigenvalue weighted by Gasteiger charge is 2.22. The minimum absolute atomic E-state index is 0.159. The normalized spacial score (nSPS) is 19.4. The van der Waals surface area contributed by atoms with Gasteiger partial charge in [0.1, 0.15) is 0 Å². The maximum absolute atomic E-state index is 5.39. The van der Waals surface area contributed by atoms with Gasteiger partial charge >= 0.3 is 0 Å². The van der Waals surface area contributed by atoms with Gasteiger partial charge in [-0.1, -0.05) is 38.1 Å². The van der Waals surface area contributed by atoms with Crippen molar-refractivity contribution in [1.29, 1.82) is 0 Å². The largest absolute Gasteiger partial charge is 0.334 e. The molecule has 1 N–H and O–H groups in total. The minimum Gasteiger partial charge on any atom is -0.334 e. The number of nitrogens with zero attached hydrogens (tertiary/aromatic N) is 2. The first-order valence-electron chi connectivity index (χ1n) is 7.22. The molecular formula is C16H21N3O. The van der Waals surface area contributed by atoms with E-state index in [0.29, 0.717) is 5.89 Å². The van der Waals surface area contributed by atoms with E-state index < -0.39 is 0 Å². The van der Waals surface area contributed by atoms with Crippen molar-refractivity contribution < 1.29 is 4.52 Å². The van der Waals surface area contributed by atoms with Crippen LogP contribution in [0.25, 0.3) is 11.5 Å². The average molecular weight is 271 g/mol. The van der Waals surface area contributed by atoms with E-state index >= 15 is 0 Å². The van der Waals surface area contributed by atoms with Gasteiger partial charge in [0.25, 0.3) is 5.89 Å². The quantitative estimate of drug-likeness (QED) is 0.908. The van der Waals surface area contributed by atoms with E-state index in [4.69, 9.17) is 4.52 Å². The van der Waals surface area contributed by atoms with Crippen LogP contribution in [0.1, 0.15) is 51.0 Å². The van der Waals surface area contributed by atoms with Crippen molar-refractivity contribution in [2.24, 2.45) is 0 Å². The molecule has 3 rings (SSSR count). The molecule has 1 aliphatic rings. The molecule has 2 heterocycles. The Morgan fingerprint density at radius 1 is 1.20 bits per heavy atom.